The number of epoxide rings is 1. The number of hydrogen-bond acceptors (Lipinski definition) is 3. The number of aryl methyl sites for hydroxylation is 1. The summed E-state index contributed by atoms with van der Waals surface area (Å²) in [6, 6.07) is 15.6. The van der Waals surface area contributed by atoms with Gasteiger partial charge in [0.2, 0.25) is 0 Å². The standard InChI is InChI=1S/C16H16O3/c1-12-2-4-14(5-3-12)19-15-8-6-13(7-9-15)17-10-16-11-18-16/h2-9,16H,10-11H2,1H3. The fourth-order valence-electron chi connectivity index (χ4n) is 1.70. The first-order valence-corrected chi connectivity index (χ1v) is 6.38. The van der Waals surface area contributed by atoms with Crippen LogP contribution in [0.5, 0.6) is 17.2 Å². The lowest BCUT2D eigenvalue weighted by Crippen LogP contribution is -2.03. The van der Waals surface area contributed by atoms with Crippen molar-refractivity contribution in [3.63, 3.8) is 0 Å². The van der Waals surface area contributed by atoms with Crippen LogP contribution in [0.25, 0.3) is 0 Å². The van der Waals surface area contributed by atoms with E-state index in [1.807, 2.05) is 48.5 Å². The van der Waals surface area contributed by atoms with Crippen LogP contribution in [0.4, 0.5) is 0 Å². The normalized spacial score (nSPS) is 17.0. The molecular formula is C16H16O3. The van der Waals surface area contributed by atoms with E-state index in [0.717, 1.165) is 23.9 Å². The van der Waals surface area contributed by atoms with Gasteiger partial charge >= 0.3 is 0 Å². The van der Waals surface area contributed by atoms with E-state index in [1.54, 1.807) is 0 Å². The highest BCUT2D eigenvalue weighted by Crippen LogP contribution is 2.24. The highest BCUT2D eigenvalue weighted by molar-refractivity contribution is 5.36. The smallest absolute Gasteiger partial charge is 0.127 e. The molecule has 0 aliphatic carbocycles. The van der Waals surface area contributed by atoms with Gasteiger partial charge in [-0.05, 0) is 43.3 Å². The lowest BCUT2D eigenvalue weighted by Gasteiger charge is -2.08. The summed E-state index contributed by atoms with van der Waals surface area (Å²) in [6.07, 6.45) is 0.281. The van der Waals surface area contributed by atoms with E-state index in [9.17, 15) is 0 Å². The van der Waals surface area contributed by atoms with Crippen molar-refractivity contribution in [1.29, 1.82) is 0 Å². The van der Waals surface area contributed by atoms with E-state index >= 15 is 0 Å². The Bertz CT molecular complexity index is 527. The average molecular weight is 256 g/mol. The van der Waals surface area contributed by atoms with E-state index < -0.39 is 0 Å². The first-order chi connectivity index (χ1) is 9.29. The minimum atomic E-state index is 0.281. The largest absolute Gasteiger partial charge is 0.491 e. The molecule has 1 aliphatic rings. The second-order valence-corrected chi connectivity index (χ2v) is 4.65. The van der Waals surface area contributed by atoms with Crippen molar-refractivity contribution in [2.24, 2.45) is 0 Å². The van der Waals surface area contributed by atoms with Gasteiger partial charge in [-0.2, -0.15) is 0 Å². The third-order valence-corrected chi connectivity index (χ3v) is 2.92. The Morgan fingerprint density at radius 1 is 0.947 bits per heavy atom. The summed E-state index contributed by atoms with van der Waals surface area (Å²) >= 11 is 0. The van der Waals surface area contributed by atoms with Crippen molar-refractivity contribution >= 4 is 0 Å². The zero-order chi connectivity index (χ0) is 13.1. The molecule has 0 N–H and O–H groups in total. The highest BCUT2D eigenvalue weighted by Gasteiger charge is 2.22. The van der Waals surface area contributed by atoms with Crippen molar-refractivity contribution in [3.05, 3.63) is 54.1 Å². The van der Waals surface area contributed by atoms with Crippen LogP contribution >= 0.6 is 0 Å². The minimum Gasteiger partial charge on any atom is -0.491 e. The summed E-state index contributed by atoms with van der Waals surface area (Å²) in [4.78, 5) is 0. The van der Waals surface area contributed by atoms with Gasteiger partial charge in [-0.15, -0.1) is 0 Å². The van der Waals surface area contributed by atoms with Gasteiger partial charge in [0.25, 0.3) is 0 Å². The van der Waals surface area contributed by atoms with E-state index in [0.29, 0.717) is 6.61 Å². The molecule has 0 saturated carbocycles. The van der Waals surface area contributed by atoms with Crippen molar-refractivity contribution < 1.29 is 14.2 Å². The third-order valence-electron chi connectivity index (χ3n) is 2.92. The molecule has 3 nitrogen and oxygen atoms in total. The predicted molar refractivity (Wildman–Crippen MR) is 72.9 cm³/mol. The Morgan fingerprint density at radius 3 is 2.05 bits per heavy atom. The van der Waals surface area contributed by atoms with E-state index in [4.69, 9.17) is 14.2 Å². The highest BCUT2D eigenvalue weighted by atomic mass is 16.6. The molecule has 1 atom stereocenters. The van der Waals surface area contributed by atoms with E-state index in [2.05, 4.69) is 6.92 Å². The quantitative estimate of drug-likeness (QED) is 0.766. The van der Waals surface area contributed by atoms with Gasteiger partial charge in [-0.1, -0.05) is 17.7 Å². The van der Waals surface area contributed by atoms with Crippen LogP contribution in [0.3, 0.4) is 0 Å². The molecular weight excluding hydrogens is 240 g/mol. The molecule has 3 heteroatoms. The van der Waals surface area contributed by atoms with Gasteiger partial charge in [0.1, 0.15) is 30.0 Å². The number of ether oxygens (including phenoxy) is 3. The molecule has 0 aromatic heterocycles. The molecule has 1 fully saturated rings. The minimum absolute atomic E-state index is 0.281. The molecule has 1 aliphatic heterocycles. The topological polar surface area (TPSA) is 31.0 Å². The second kappa shape index (κ2) is 5.33. The van der Waals surface area contributed by atoms with Crippen molar-refractivity contribution in [3.8, 4) is 17.2 Å². The van der Waals surface area contributed by atoms with Crippen LogP contribution in [-0.4, -0.2) is 19.3 Å². The van der Waals surface area contributed by atoms with Crippen LogP contribution in [0, 0.1) is 6.92 Å². The molecule has 1 unspecified atom stereocenters. The fraction of sp³-hybridized carbons (Fsp3) is 0.250. The maximum absolute atomic E-state index is 5.75. The molecule has 1 heterocycles. The number of benzene rings is 2. The lowest BCUT2D eigenvalue weighted by atomic mass is 10.2. The van der Waals surface area contributed by atoms with Crippen LogP contribution in [0.15, 0.2) is 48.5 Å². The van der Waals surface area contributed by atoms with Crippen LogP contribution < -0.4 is 9.47 Å². The number of hydrogen-bond donors (Lipinski definition) is 0. The monoisotopic (exact) mass is 256 g/mol. The van der Waals surface area contributed by atoms with Crippen molar-refractivity contribution in [2.75, 3.05) is 13.2 Å². The SMILES string of the molecule is Cc1ccc(Oc2ccc(OCC3CO3)cc2)cc1. The van der Waals surface area contributed by atoms with Gasteiger partial charge < -0.3 is 14.2 Å². The molecule has 0 spiro atoms. The second-order valence-electron chi connectivity index (χ2n) is 4.65. The Morgan fingerprint density at radius 2 is 1.47 bits per heavy atom. The van der Waals surface area contributed by atoms with E-state index in [-0.39, 0.29) is 6.10 Å². The summed E-state index contributed by atoms with van der Waals surface area (Å²) in [6.45, 7) is 3.49. The molecule has 98 valence electrons. The first kappa shape index (κ1) is 12.1. The van der Waals surface area contributed by atoms with Crippen LogP contribution in [0.1, 0.15) is 5.56 Å². The first-order valence-electron chi connectivity index (χ1n) is 6.38. The van der Waals surface area contributed by atoms with Crippen LogP contribution in [-0.2, 0) is 4.74 Å². The van der Waals surface area contributed by atoms with Gasteiger partial charge in [-0.3, -0.25) is 0 Å². The molecule has 1 saturated heterocycles. The summed E-state index contributed by atoms with van der Waals surface area (Å²) in [7, 11) is 0. The van der Waals surface area contributed by atoms with Gasteiger partial charge in [0, 0.05) is 0 Å². The summed E-state index contributed by atoms with van der Waals surface area (Å²) in [5.41, 5.74) is 1.22. The third kappa shape index (κ3) is 3.48. The average Bonchev–Trinajstić information content (AvgIpc) is 3.25. The molecule has 2 aromatic carbocycles. The zero-order valence-electron chi connectivity index (χ0n) is 10.8. The Balaban J connectivity index is 1.59. The van der Waals surface area contributed by atoms with E-state index in [1.165, 1.54) is 5.56 Å². The molecule has 0 radical (unpaired) electrons. The number of rotatable bonds is 5. The summed E-state index contributed by atoms with van der Waals surface area (Å²) in [5, 5.41) is 0. The van der Waals surface area contributed by atoms with Crippen molar-refractivity contribution in [1.82, 2.24) is 0 Å². The predicted octanol–water partition coefficient (Wildman–Crippen LogP) is 3.56. The molecule has 2 aromatic rings. The maximum Gasteiger partial charge on any atom is 0.127 e. The fourth-order valence-corrected chi connectivity index (χ4v) is 1.70. The lowest BCUT2D eigenvalue weighted by molar-refractivity contribution is 0.263. The van der Waals surface area contributed by atoms with Crippen LogP contribution in [0.2, 0.25) is 0 Å². The zero-order valence-corrected chi connectivity index (χ0v) is 10.8. The Hall–Kier alpha value is -2.00. The molecule has 3 rings (SSSR count). The van der Waals surface area contributed by atoms with Gasteiger partial charge in [-0.25, -0.2) is 0 Å². The van der Waals surface area contributed by atoms with Gasteiger partial charge in [0.15, 0.2) is 0 Å². The molecule has 0 bridgehead atoms. The van der Waals surface area contributed by atoms with Crippen molar-refractivity contribution in [2.45, 2.75) is 13.0 Å². The summed E-state index contributed by atoms with van der Waals surface area (Å²) in [5.74, 6) is 2.48. The summed E-state index contributed by atoms with van der Waals surface area (Å²) < 4.78 is 16.4. The molecule has 0 amide bonds. The molecule has 19 heavy (non-hydrogen) atoms. The Labute approximate surface area is 112 Å². The Kier molecular flexibility index (Phi) is 3.38. The van der Waals surface area contributed by atoms with Gasteiger partial charge in [0.05, 0.1) is 6.61 Å². The maximum atomic E-state index is 5.75.